The number of aromatic nitrogens is 2. The molecule has 1 heterocycles. The fraction of sp³-hybridized carbons (Fsp3) is 0.444. The summed E-state index contributed by atoms with van der Waals surface area (Å²) < 4.78 is 0. The maximum Gasteiger partial charge on any atom is 0.267 e. The molecule has 1 aromatic rings. The predicted molar refractivity (Wildman–Crippen MR) is 49.3 cm³/mol. The zero-order valence-corrected chi connectivity index (χ0v) is 7.48. The van der Waals surface area contributed by atoms with E-state index in [1.165, 1.54) is 0 Å². The Morgan fingerprint density at radius 3 is 2.58 bits per heavy atom. The molecular formula is C9H14N2O. The van der Waals surface area contributed by atoms with Crippen molar-refractivity contribution in [1.29, 1.82) is 0 Å². The Morgan fingerprint density at radius 1 is 1.33 bits per heavy atom. The molecule has 0 saturated carbocycles. The molecule has 1 aromatic heterocycles. The lowest BCUT2D eigenvalue weighted by atomic mass is 10.2. The monoisotopic (exact) mass is 166 g/mol. The third kappa shape index (κ3) is 1.87. The van der Waals surface area contributed by atoms with E-state index in [1.54, 1.807) is 0 Å². The molecule has 0 amide bonds. The summed E-state index contributed by atoms with van der Waals surface area (Å²) in [7, 11) is 0. The van der Waals surface area contributed by atoms with Crippen molar-refractivity contribution in [3.05, 3.63) is 33.8 Å². The van der Waals surface area contributed by atoms with Crippen LogP contribution in [-0.4, -0.2) is 10.2 Å². The Labute approximate surface area is 71.5 Å². The second-order valence-electron chi connectivity index (χ2n) is 2.77. The van der Waals surface area contributed by atoms with E-state index in [1.807, 2.05) is 13.0 Å². The minimum absolute atomic E-state index is 0.00625. The van der Waals surface area contributed by atoms with Crippen LogP contribution in [0.4, 0.5) is 0 Å². The highest BCUT2D eigenvalue weighted by molar-refractivity contribution is 5.17. The zero-order valence-electron chi connectivity index (χ0n) is 7.48. The van der Waals surface area contributed by atoms with Gasteiger partial charge in [-0.2, -0.15) is 0 Å². The smallest absolute Gasteiger partial charge is 0.267 e. The molecule has 3 nitrogen and oxygen atoms in total. The number of aromatic amines is 2. The van der Waals surface area contributed by atoms with Crippen LogP contribution in [0.1, 0.15) is 24.6 Å². The van der Waals surface area contributed by atoms with Crippen LogP contribution in [0.2, 0.25) is 0 Å². The highest BCUT2D eigenvalue weighted by Crippen LogP contribution is 1.98. The van der Waals surface area contributed by atoms with Gasteiger partial charge >= 0.3 is 0 Å². The van der Waals surface area contributed by atoms with Gasteiger partial charge in [0.1, 0.15) is 0 Å². The summed E-state index contributed by atoms with van der Waals surface area (Å²) in [5.41, 5.74) is 1.76. The Balaban J connectivity index is 2.74. The van der Waals surface area contributed by atoms with Crippen LogP contribution in [-0.2, 0) is 6.42 Å². The van der Waals surface area contributed by atoms with E-state index >= 15 is 0 Å². The molecule has 0 bridgehead atoms. The Kier molecular flexibility index (Phi) is 2.91. The summed E-state index contributed by atoms with van der Waals surface area (Å²) in [4.78, 5) is 11.1. The van der Waals surface area contributed by atoms with Gasteiger partial charge in [-0.05, 0) is 19.8 Å². The van der Waals surface area contributed by atoms with Crippen molar-refractivity contribution in [3.8, 4) is 0 Å². The van der Waals surface area contributed by atoms with Crippen molar-refractivity contribution < 1.29 is 0 Å². The highest BCUT2D eigenvalue weighted by atomic mass is 16.1. The first-order chi connectivity index (χ1) is 5.75. The predicted octanol–water partition coefficient (Wildman–Crippen LogP) is 1.52. The van der Waals surface area contributed by atoms with Crippen LogP contribution in [0.3, 0.4) is 0 Å². The first kappa shape index (κ1) is 8.84. The lowest BCUT2D eigenvalue weighted by molar-refractivity contribution is 1.02. The molecule has 66 valence electrons. The number of H-pyrrole nitrogens is 2. The van der Waals surface area contributed by atoms with Gasteiger partial charge in [0, 0.05) is 11.3 Å². The van der Waals surface area contributed by atoms with Gasteiger partial charge in [0.25, 0.3) is 5.56 Å². The third-order valence-electron chi connectivity index (χ3n) is 1.81. The van der Waals surface area contributed by atoms with E-state index < -0.39 is 0 Å². The normalized spacial score (nSPS) is 11.2. The average molecular weight is 166 g/mol. The molecule has 1 rings (SSSR count). The topological polar surface area (TPSA) is 48.6 Å². The second-order valence-corrected chi connectivity index (χ2v) is 2.77. The Morgan fingerprint density at radius 2 is 2.08 bits per heavy atom. The number of nitrogens with one attached hydrogen (secondary N) is 2. The molecule has 0 unspecified atom stereocenters. The van der Waals surface area contributed by atoms with Gasteiger partial charge in [-0.25, -0.2) is 0 Å². The molecule has 0 fully saturated rings. The summed E-state index contributed by atoms with van der Waals surface area (Å²) in [6.07, 6.45) is 5.82. The minimum atomic E-state index is -0.00625. The molecule has 0 radical (unpaired) electrons. The summed E-state index contributed by atoms with van der Waals surface area (Å²) in [5.74, 6) is 0. The fourth-order valence-corrected chi connectivity index (χ4v) is 1.09. The zero-order chi connectivity index (χ0) is 8.97. The number of rotatable bonds is 3. The van der Waals surface area contributed by atoms with Crippen molar-refractivity contribution in [3.63, 3.8) is 0 Å². The number of hydrogen-bond donors (Lipinski definition) is 2. The standard InChI is InChI=1S/C9H14N2O/c1-3-4-5-6-8-7(2)10-11-9(8)12/h4-5H,3,6H2,1-2H3,(H2,10,11,12)/b5-4+. The van der Waals surface area contributed by atoms with Crippen LogP contribution in [0.25, 0.3) is 0 Å². The van der Waals surface area contributed by atoms with Crippen molar-refractivity contribution in [2.75, 3.05) is 0 Å². The maximum absolute atomic E-state index is 11.1. The molecule has 0 saturated heterocycles. The van der Waals surface area contributed by atoms with Gasteiger partial charge in [0.15, 0.2) is 0 Å². The maximum atomic E-state index is 11.1. The lowest BCUT2D eigenvalue weighted by Gasteiger charge is -1.89. The second kappa shape index (κ2) is 3.95. The summed E-state index contributed by atoms with van der Waals surface area (Å²) in [6.45, 7) is 3.97. The SMILES string of the molecule is CC/C=C/Cc1c(C)[nH][nH]c1=O. The number of aryl methyl sites for hydroxylation is 1. The Bertz CT molecular complexity index is 320. The highest BCUT2D eigenvalue weighted by Gasteiger charge is 2.01. The van der Waals surface area contributed by atoms with Crippen LogP contribution in [0, 0.1) is 6.92 Å². The summed E-state index contributed by atoms with van der Waals surface area (Å²) in [5, 5.41) is 5.34. The first-order valence-corrected chi connectivity index (χ1v) is 4.16. The van der Waals surface area contributed by atoms with Gasteiger partial charge in [0.05, 0.1) is 0 Å². The molecule has 0 aliphatic carbocycles. The average Bonchev–Trinajstić information content (AvgIpc) is 2.35. The fourth-order valence-electron chi connectivity index (χ4n) is 1.09. The molecular weight excluding hydrogens is 152 g/mol. The van der Waals surface area contributed by atoms with E-state index in [-0.39, 0.29) is 5.56 Å². The van der Waals surface area contributed by atoms with E-state index in [9.17, 15) is 4.79 Å². The number of hydrogen-bond acceptors (Lipinski definition) is 1. The quantitative estimate of drug-likeness (QED) is 0.657. The molecule has 0 atom stereocenters. The molecule has 2 N–H and O–H groups in total. The van der Waals surface area contributed by atoms with Crippen LogP contribution in [0.15, 0.2) is 16.9 Å². The number of allylic oxidation sites excluding steroid dienone is 2. The molecule has 3 heteroatoms. The molecule has 0 spiro atoms. The van der Waals surface area contributed by atoms with Crippen molar-refractivity contribution in [2.24, 2.45) is 0 Å². The lowest BCUT2D eigenvalue weighted by Crippen LogP contribution is -2.04. The van der Waals surface area contributed by atoms with Gasteiger partial charge in [0.2, 0.25) is 0 Å². The summed E-state index contributed by atoms with van der Waals surface area (Å²) >= 11 is 0. The van der Waals surface area contributed by atoms with Gasteiger partial charge in [-0.15, -0.1) is 0 Å². The van der Waals surface area contributed by atoms with Gasteiger partial charge < -0.3 is 5.10 Å². The van der Waals surface area contributed by atoms with E-state index in [0.29, 0.717) is 0 Å². The van der Waals surface area contributed by atoms with Crippen LogP contribution in [0.5, 0.6) is 0 Å². The van der Waals surface area contributed by atoms with Crippen molar-refractivity contribution in [2.45, 2.75) is 26.7 Å². The summed E-state index contributed by atoms with van der Waals surface area (Å²) in [6, 6.07) is 0. The Hall–Kier alpha value is -1.25. The minimum Gasteiger partial charge on any atom is -0.302 e. The molecule has 0 aliphatic heterocycles. The first-order valence-electron chi connectivity index (χ1n) is 4.16. The largest absolute Gasteiger partial charge is 0.302 e. The van der Waals surface area contributed by atoms with Crippen LogP contribution < -0.4 is 5.56 Å². The van der Waals surface area contributed by atoms with E-state index in [4.69, 9.17) is 0 Å². The van der Waals surface area contributed by atoms with Gasteiger partial charge in [-0.3, -0.25) is 9.89 Å². The van der Waals surface area contributed by atoms with Crippen LogP contribution >= 0.6 is 0 Å². The van der Waals surface area contributed by atoms with Crippen molar-refractivity contribution in [1.82, 2.24) is 10.2 Å². The molecule has 0 aliphatic rings. The van der Waals surface area contributed by atoms with E-state index in [2.05, 4.69) is 23.2 Å². The molecule has 0 aromatic carbocycles. The van der Waals surface area contributed by atoms with Crippen molar-refractivity contribution >= 4 is 0 Å². The van der Waals surface area contributed by atoms with E-state index in [0.717, 1.165) is 24.1 Å². The third-order valence-corrected chi connectivity index (χ3v) is 1.81. The van der Waals surface area contributed by atoms with Gasteiger partial charge in [-0.1, -0.05) is 19.1 Å². The molecule has 12 heavy (non-hydrogen) atoms.